The molecule has 1 fully saturated rings. The first-order valence-electron chi connectivity index (χ1n) is 12.1. The molecule has 2 aromatic carbocycles. The minimum absolute atomic E-state index is 0.0392. The SMILES string of the molecule is COc1cccc(CNC(=O)[C@H]2CCCN(c3ccnc(Nc4cc(OC)c(OC)c(OC)c4)n3)C2)c1. The fourth-order valence-electron chi connectivity index (χ4n) is 4.38. The van der Waals surface area contributed by atoms with Crippen LogP contribution in [0, 0.1) is 5.92 Å². The van der Waals surface area contributed by atoms with Crippen molar-refractivity contribution in [3.63, 3.8) is 0 Å². The van der Waals surface area contributed by atoms with E-state index in [4.69, 9.17) is 23.9 Å². The number of amides is 1. The van der Waals surface area contributed by atoms with Crippen LogP contribution in [0.2, 0.25) is 0 Å². The molecule has 2 N–H and O–H groups in total. The number of anilines is 3. The summed E-state index contributed by atoms with van der Waals surface area (Å²) in [5.74, 6) is 3.44. The summed E-state index contributed by atoms with van der Waals surface area (Å²) in [6, 6.07) is 13.1. The first kappa shape index (κ1) is 25.9. The Morgan fingerprint density at radius 3 is 2.51 bits per heavy atom. The Morgan fingerprint density at radius 1 is 1.03 bits per heavy atom. The topological polar surface area (TPSA) is 107 Å². The molecule has 1 aliphatic rings. The Hall–Kier alpha value is -4.21. The largest absolute Gasteiger partial charge is 0.497 e. The van der Waals surface area contributed by atoms with Crippen molar-refractivity contribution in [2.45, 2.75) is 19.4 Å². The maximum absolute atomic E-state index is 12.9. The molecule has 10 heteroatoms. The molecule has 0 saturated carbocycles. The number of methoxy groups -OCH3 is 4. The van der Waals surface area contributed by atoms with Gasteiger partial charge >= 0.3 is 0 Å². The predicted octanol–water partition coefficient (Wildman–Crippen LogP) is 3.79. The first-order valence-corrected chi connectivity index (χ1v) is 12.1. The normalized spacial score (nSPS) is 15.0. The lowest BCUT2D eigenvalue weighted by Crippen LogP contribution is -2.43. The number of benzene rings is 2. The summed E-state index contributed by atoms with van der Waals surface area (Å²) in [6.07, 6.45) is 3.44. The third-order valence-corrected chi connectivity index (χ3v) is 6.28. The van der Waals surface area contributed by atoms with E-state index in [0.717, 1.165) is 36.5 Å². The fraction of sp³-hybridized carbons (Fsp3) is 0.370. The van der Waals surface area contributed by atoms with Crippen molar-refractivity contribution >= 4 is 23.4 Å². The second kappa shape index (κ2) is 12.2. The summed E-state index contributed by atoms with van der Waals surface area (Å²) in [6.45, 7) is 1.87. The summed E-state index contributed by atoms with van der Waals surface area (Å²) < 4.78 is 21.5. The van der Waals surface area contributed by atoms with Gasteiger partial charge in [-0.15, -0.1) is 0 Å². The highest BCUT2D eigenvalue weighted by Gasteiger charge is 2.26. The van der Waals surface area contributed by atoms with Crippen LogP contribution >= 0.6 is 0 Å². The van der Waals surface area contributed by atoms with Gasteiger partial charge in [-0.1, -0.05) is 12.1 Å². The molecule has 196 valence electrons. The van der Waals surface area contributed by atoms with Gasteiger partial charge in [0.05, 0.1) is 34.4 Å². The molecule has 0 radical (unpaired) electrons. The van der Waals surface area contributed by atoms with Crippen molar-refractivity contribution in [2.24, 2.45) is 5.92 Å². The standard InChI is InChI=1S/C27H33N5O5/c1-34-21-9-5-7-18(13-21)16-29-26(33)19-8-6-12-32(17-19)24-10-11-28-27(31-24)30-20-14-22(35-2)25(37-4)23(15-20)36-3/h5,7,9-11,13-15,19H,6,8,12,16-17H2,1-4H3,(H,29,33)(H,28,30,31)/t19-/m0/s1. The van der Waals surface area contributed by atoms with E-state index in [0.29, 0.717) is 42.0 Å². The number of aromatic nitrogens is 2. The van der Waals surface area contributed by atoms with Gasteiger partial charge in [-0.3, -0.25) is 4.79 Å². The van der Waals surface area contributed by atoms with Crippen LogP contribution in [0.4, 0.5) is 17.5 Å². The highest BCUT2D eigenvalue weighted by Crippen LogP contribution is 2.40. The Morgan fingerprint density at radius 2 is 1.81 bits per heavy atom. The van der Waals surface area contributed by atoms with Crippen molar-refractivity contribution in [3.8, 4) is 23.0 Å². The summed E-state index contributed by atoms with van der Waals surface area (Å²) >= 11 is 0. The molecule has 0 bridgehead atoms. The van der Waals surface area contributed by atoms with E-state index in [1.807, 2.05) is 30.3 Å². The Kier molecular flexibility index (Phi) is 8.50. The number of hydrogen-bond donors (Lipinski definition) is 2. The van der Waals surface area contributed by atoms with Gasteiger partial charge in [-0.25, -0.2) is 4.98 Å². The molecule has 1 atom stereocenters. The van der Waals surface area contributed by atoms with E-state index in [1.54, 1.807) is 46.8 Å². The Bertz CT molecular complexity index is 1200. The van der Waals surface area contributed by atoms with E-state index in [1.165, 1.54) is 0 Å². The zero-order valence-electron chi connectivity index (χ0n) is 21.6. The Labute approximate surface area is 216 Å². The van der Waals surface area contributed by atoms with Crippen LogP contribution in [0.5, 0.6) is 23.0 Å². The summed E-state index contributed by atoms with van der Waals surface area (Å²) in [7, 11) is 6.33. The molecule has 1 saturated heterocycles. The van der Waals surface area contributed by atoms with Gasteiger partial charge < -0.3 is 34.5 Å². The third-order valence-electron chi connectivity index (χ3n) is 6.28. The van der Waals surface area contributed by atoms with Gasteiger partial charge in [0.1, 0.15) is 11.6 Å². The molecule has 0 spiro atoms. The molecule has 0 aliphatic carbocycles. The Balaban J connectivity index is 1.42. The zero-order chi connectivity index (χ0) is 26.2. The number of carbonyl (C=O) groups is 1. The highest BCUT2D eigenvalue weighted by atomic mass is 16.5. The van der Waals surface area contributed by atoms with Gasteiger partial charge in [0.2, 0.25) is 17.6 Å². The van der Waals surface area contributed by atoms with Crippen LogP contribution in [-0.2, 0) is 11.3 Å². The van der Waals surface area contributed by atoms with Crippen LogP contribution in [0.15, 0.2) is 48.7 Å². The number of carbonyl (C=O) groups excluding carboxylic acids is 1. The quantitative estimate of drug-likeness (QED) is 0.424. The van der Waals surface area contributed by atoms with E-state index in [-0.39, 0.29) is 11.8 Å². The number of rotatable bonds is 10. The molecular formula is C27H33N5O5. The van der Waals surface area contributed by atoms with E-state index >= 15 is 0 Å². The molecule has 0 unspecified atom stereocenters. The molecule has 1 aromatic heterocycles. The number of piperidine rings is 1. The highest BCUT2D eigenvalue weighted by molar-refractivity contribution is 5.79. The third kappa shape index (κ3) is 6.32. The summed E-state index contributed by atoms with van der Waals surface area (Å²) in [5.41, 5.74) is 1.69. The average molecular weight is 508 g/mol. The molecule has 1 aliphatic heterocycles. The van der Waals surface area contributed by atoms with Gasteiger partial charge in [0, 0.05) is 43.7 Å². The number of hydrogen-bond acceptors (Lipinski definition) is 9. The monoisotopic (exact) mass is 507 g/mol. The predicted molar refractivity (Wildman–Crippen MR) is 141 cm³/mol. The average Bonchev–Trinajstić information content (AvgIpc) is 2.95. The molecule has 2 heterocycles. The smallest absolute Gasteiger partial charge is 0.229 e. The van der Waals surface area contributed by atoms with E-state index in [2.05, 4.69) is 20.5 Å². The van der Waals surface area contributed by atoms with Gasteiger partial charge in [-0.05, 0) is 36.6 Å². The second-order valence-corrected chi connectivity index (χ2v) is 8.63. The van der Waals surface area contributed by atoms with Gasteiger partial charge in [-0.2, -0.15) is 4.98 Å². The molecule has 10 nitrogen and oxygen atoms in total. The lowest BCUT2D eigenvalue weighted by molar-refractivity contribution is -0.125. The van der Waals surface area contributed by atoms with E-state index < -0.39 is 0 Å². The van der Waals surface area contributed by atoms with Crippen molar-refractivity contribution in [1.82, 2.24) is 15.3 Å². The van der Waals surface area contributed by atoms with Crippen LogP contribution in [0.3, 0.4) is 0 Å². The lowest BCUT2D eigenvalue weighted by atomic mass is 9.97. The van der Waals surface area contributed by atoms with Crippen LogP contribution in [-0.4, -0.2) is 57.4 Å². The van der Waals surface area contributed by atoms with Crippen molar-refractivity contribution < 1.29 is 23.7 Å². The molecule has 4 rings (SSSR count). The number of ether oxygens (including phenoxy) is 4. The minimum atomic E-state index is -0.124. The maximum atomic E-state index is 12.9. The van der Waals surface area contributed by atoms with Crippen LogP contribution in [0.1, 0.15) is 18.4 Å². The second-order valence-electron chi connectivity index (χ2n) is 8.63. The van der Waals surface area contributed by atoms with Crippen molar-refractivity contribution in [1.29, 1.82) is 0 Å². The van der Waals surface area contributed by atoms with Gasteiger partial charge in [0.25, 0.3) is 0 Å². The zero-order valence-corrected chi connectivity index (χ0v) is 21.6. The number of nitrogens with one attached hydrogen (secondary N) is 2. The molecule has 1 amide bonds. The van der Waals surface area contributed by atoms with Crippen molar-refractivity contribution in [2.75, 3.05) is 51.7 Å². The fourth-order valence-corrected chi connectivity index (χ4v) is 4.38. The minimum Gasteiger partial charge on any atom is -0.497 e. The molecule has 37 heavy (non-hydrogen) atoms. The van der Waals surface area contributed by atoms with Crippen LogP contribution in [0.25, 0.3) is 0 Å². The number of nitrogens with zero attached hydrogens (tertiary/aromatic N) is 3. The van der Waals surface area contributed by atoms with Crippen LogP contribution < -0.4 is 34.5 Å². The molecule has 3 aromatic rings. The van der Waals surface area contributed by atoms with Crippen molar-refractivity contribution in [3.05, 3.63) is 54.2 Å². The first-order chi connectivity index (χ1) is 18.0. The summed E-state index contributed by atoms with van der Waals surface area (Å²) in [4.78, 5) is 24.1. The molecular weight excluding hydrogens is 474 g/mol. The van der Waals surface area contributed by atoms with Gasteiger partial charge in [0.15, 0.2) is 11.5 Å². The van der Waals surface area contributed by atoms with E-state index in [9.17, 15) is 4.79 Å². The lowest BCUT2D eigenvalue weighted by Gasteiger charge is -2.33. The maximum Gasteiger partial charge on any atom is 0.229 e. The summed E-state index contributed by atoms with van der Waals surface area (Å²) in [5, 5.41) is 6.28.